The van der Waals surface area contributed by atoms with Crippen molar-refractivity contribution in [2.45, 2.75) is 43.4 Å². The molecule has 2 atom stereocenters. The lowest BCUT2D eigenvalue weighted by molar-refractivity contribution is 0.0932. The highest BCUT2D eigenvalue weighted by Crippen LogP contribution is 2.27. The molecule has 114 valence electrons. The maximum absolute atomic E-state index is 12.4. The SMILES string of the molecule is CSC1CCCC(NC(=O)c2sccc2C#CCCO)C1. The minimum absolute atomic E-state index is 0.00921. The fourth-order valence-corrected chi connectivity index (χ4v) is 4.12. The van der Waals surface area contributed by atoms with Gasteiger partial charge in [0, 0.05) is 23.3 Å². The Kier molecular flexibility index (Phi) is 6.62. The molecule has 0 radical (unpaired) electrons. The summed E-state index contributed by atoms with van der Waals surface area (Å²) >= 11 is 3.32. The largest absolute Gasteiger partial charge is 0.395 e. The van der Waals surface area contributed by atoms with Crippen molar-refractivity contribution >= 4 is 29.0 Å². The number of rotatable bonds is 4. The predicted octanol–water partition coefficient (Wildman–Crippen LogP) is 2.89. The van der Waals surface area contributed by atoms with Crippen LogP contribution in [0.25, 0.3) is 0 Å². The molecule has 2 rings (SSSR count). The van der Waals surface area contributed by atoms with Crippen LogP contribution in [0.1, 0.15) is 47.3 Å². The lowest BCUT2D eigenvalue weighted by Crippen LogP contribution is -2.39. The number of aliphatic hydroxyl groups is 1. The summed E-state index contributed by atoms with van der Waals surface area (Å²) in [6, 6.07) is 2.15. The summed E-state index contributed by atoms with van der Waals surface area (Å²) in [6.07, 6.45) is 7.15. The molecule has 1 amide bonds. The van der Waals surface area contributed by atoms with E-state index in [-0.39, 0.29) is 18.6 Å². The normalized spacial score (nSPS) is 21.4. The summed E-state index contributed by atoms with van der Waals surface area (Å²) in [5, 5.41) is 14.5. The van der Waals surface area contributed by atoms with Crippen molar-refractivity contribution in [2.24, 2.45) is 0 Å². The van der Waals surface area contributed by atoms with Gasteiger partial charge in [0.1, 0.15) is 4.88 Å². The van der Waals surface area contributed by atoms with Crippen LogP contribution in [0.3, 0.4) is 0 Å². The van der Waals surface area contributed by atoms with Crippen molar-refractivity contribution in [3.63, 3.8) is 0 Å². The average Bonchev–Trinajstić information content (AvgIpc) is 2.96. The average molecular weight is 323 g/mol. The Morgan fingerprint density at radius 1 is 1.57 bits per heavy atom. The van der Waals surface area contributed by atoms with Crippen LogP contribution in [0.2, 0.25) is 0 Å². The third-order valence-corrected chi connectivity index (χ3v) is 5.63. The molecule has 1 aromatic rings. The molecular formula is C16H21NO2S2. The molecule has 2 N–H and O–H groups in total. The molecule has 21 heavy (non-hydrogen) atoms. The van der Waals surface area contributed by atoms with Gasteiger partial charge in [-0.1, -0.05) is 18.3 Å². The van der Waals surface area contributed by atoms with E-state index in [4.69, 9.17) is 5.11 Å². The van der Waals surface area contributed by atoms with Crippen molar-refractivity contribution in [2.75, 3.05) is 12.9 Å². The van der Waals surface area contributed by atoms with E-state index in [2.05, 4.69) is 23.4 Å². The monoisotopic (exact) mass is 323 g/mol. The van der Waals surface area contributed by atoms with Gasteiger partial charge in [0.05, 0.1) is 6.61 Å². The van der Waals surface area contributed by atoms with E-state index in [9.17, 15) is 4.79 Å². The number of thiophene rings is 1. The Hall–Kier alpha value is -0.960. The van der Waals surface area contributed by atoms with Crippen LogP contribution in [0.5, 0.6) is 0 Å². The highest BCUT2D eigenvalue weighted by molar-refractivity contribution is 7.99. The highest BCUT2D eigenvalue weighted by Gasteiger charge is 2.24. The van der Waals surface area contributed by atoms with Gasteiger partial charge in [-0.2, -0.15) is 11.8 Å². The first-order valence-electron chi connectivity index (χ1n) is 7.25. The molecule has 0 aliphatic heterocycles. The number of aliphatic hydroxyl groups excluding tert-OH is 1. The van der Waals surface area contributed by atoms with Gasteiger partial charge < -0.3 is 10.4 Å². The molecule has 1 aromatic heterocycles. The topological polar surface area (TPSA) is 49.3 Å². The van der Waals surface area contributed by atoms with Crippen LogP contribution in [-0.2, 0) is 0 Å². The zero-order valence-electron chi connectivity index (χ0n) is 12.2. The van der Waals surface area contributed by atoms with Crippen LogP contribution >= 0.6 is 23.1 Å². The minimum Gasteiger partial charge on any atom is -0.395 e. The number of amides is 1. The van der Waals surface area contributed by atoms with E-state index < -0.39 is 0 Å². The summed E-state index contributed by atoms with van der Waals surface area (Å²) in [5.41, 5.74) is 0.767. The Morgan fingerprint density at radius 3 is 3.19 bits per heavy atom. The molecule has 0 bridgehead atoms. The zero-order chi connectivity index (χ0) is 15.1. The van der Waals surface area contributed by atoms with E-state index in [1.807, 2.05) is 23.2 Å². The van der Waals surface area contributed by atoms with Gasteiger partial charge in [-0.15, -0.1) is 11.3 Å². The summed E-state index contributed by atoms with van der Waals surface area (Å²) < 4.78 is 0. The standard InChI is InChI=1S/C16H21NO2S2/c1-20-14-7-4-6-13(11-14)17-16(19)15-12(8-10-21-15)5-2-3-9-18/h8,10,13-14,18H,3-4,6-7,9,11H2,1H3,(H,17,19). The molecule has 1 fully saturated rings. The van der Waals surface area contributed by atoms with Crippen LogP contribution < -0.4 is 5.32 Å². The molecule has 1 aliphatic carbocycles. The quantitative estimate of drug-likeness (QED) is 0.838. The molecular weight excluding hydrogens is 302 g/mol. The maximum atomic E-state index is 12.4. The van der Waals surface area contributed by atoms with Gasteiger partial charge in [0.25, 0.3) is 5.91 Å². The molecule has 1 saturated carbocycles. The molecule has 3 nitrogen and oxygen atoms in total. The molecule has 5 heteroatoms. The number of thioether (sulfide) groups is 1. The first-order valence-corrected chi connectivity index (χ1v) is 9.42. The lowest BCUT2D eigenvalue weighted by atomic mass is 9.95. The molecule has 0 saturated heterocycles. The van der Waals surface area contributed by atoms with Crippen molar-refractivity contribution in [3.8, 4) is 11.8 Å². The van der Waals surface area contributed by atoms with E-state index in [1.54, 1.807) is 0 Å². The second kappa shape index (κ2) is 8.47. The second-order valence-corrected chi connectivity index (χ2v) is 7.19. The molecule has 0 aromatic carbocycles. The van der Waals surface area contributed by atoms with Crippen molar-refractivity contribution in [1.82, 2.24) is 5.32 Å². The van der Waals surface area contributed by atoms with Gasteiger partial charge >= 0.3 is 0 Å². The molecule has 0 spiro atoms. The number of carbonyl (C=O) groups excluding carboxylic acids is 1. The Bertz CT molecular complexity index is 530. The van der Waals surface area contributed by atoms with Crippen molar-refractivity contribution in [3.05, 3.63) is 21.9 Å². The first-order chi connectivity index (χ1) is 10.2. The number of carbonyl (C=O) groups is 1. The van der Waals surface area contributed by atoms with Gasteiger partial charge in [0.2, 0.25) is 0 Å². The number of hydrogen-bond donors (Lipinski definition) is 2. The smallest absolute Gasteiger partial charge is 0.262 e. The fourth-order valence-electron chi connectivity index (χ4n) is 2.54. The molecule has 1 heterocycles. The van der Waals surface area contributed by atoms with Crippen LogP contribution in [0.4, 0.5) is 0 Å². The number of hydrogen-bond acceptors (Lipinski definition) is 4. The second-order valence-electron chi connectivity index (χ2n) is 5.13. The summed E-state index contributed by atoms with van der Waals surface area (Å²) in [4.78, 5) is 13.1. The van der Waals surface area contributed by atoms with Crippen LogP contribution in [0, 0.1) is 11.8 Å². The van der Waals surface area contributed by atoms with E-state index in [1.165, 1.54) is 24.2 Å². The van der Waals surface area contributed by atoms with Crippen LogP contribution in [-0.4, -0.2) is 35.2 Å². The van der Waals surface area contributed by atoms with Gasteiger partial charge in [-0.25, -0.2) is 0 Å². The van der Waals surface area contributed by atoms with Crippen molar-refractivity contribution < 1.29 is 9.90 Å². The lowest BCUT2D eigenvalue weighted by Gasteiger charge is -2.28. The summed E-state index contributed by atoms with van der Waals surface area (Å²) in [7, 11) is 0. The highest BCUT2D eigenvalue weighted by atomic mass is 32.2. The van der Waals surface area contributed by atoms with Gasteiger partial charge in [-0.3, -0.25) is 4.79 Å². The van der Waals surface area contributed by atoms with E-state index in [0.29, 0.717) is 16.5 Å². The van der Waals surface area contributed by atoms with E-state index in [0.717, 1.165) is 18.4 Å². The van der Waals surface area contributed by atoms with E-state index >= 15 is 0 Å². The summed E-state index contributed by atoms with van der Waals surface area (Å²) in [5.74, 6) is 5.83. The third-order valence-electron chi connectivity index (χ3n) is 3.63. The fraction of sp³-hybridized carbons (Fsp3) is 0.562. The zero-order valence-corrected chi connectivity index (χ0v) is 13.9. The Morgan fingerprint density at radius 2 is 2.43 bits per heavy atom. The molecule has 1 aliphatic rings. The minimum atomic E-state index is -0.00921. The molecule has 2 unspecified atom stereocenters. The Labute approximate surface area is 134 Å². The van der Waals surface area contributed by atoms with Crippen LogP contribution in [0.15, 0.2) is 11.4 Å². The Balaban J connectivity index is 1.98. The van der Waals surface area contributed by atoms with Gasteiger partial charge in [0.15, 0.2) is 0 Å². The number of nitrogens with one attached hydrogen (secondary N) is 1. The summed E-state index contributed by atoms with van der Waals surface area (Å²) in [6.45, 7) is 0.0524. The van der Waals surface area contributed by atoms with Crippen molar-refractivity contribution in [1.29, 1.82) is 0 Å². The first kappa shape index (κ1) is 16.4. The predicted molar refractivity (Wildman–Crippen MR) is 89.9 cm³/mol. The third kappa shape index (κ3) is 4.77. The van der Waals surface area contributed by atoms with Gasteiger partial charge in [-0.05, 0) is 37.0 Å². The maximum Gasteiger partial charge on any atom is 0.262 e.